The van der Waals surface area contributed by atoms with Crippen molar-refractivity contribution in [2.45, 2.75) is 11.3 Å². The molecule has 0 aliphatic carbocycles. The third-order valence-corrected chi connectivity index (χ3v) is 4.83. The highest BCUT2D eigenvalue weighted by molar-refractivity contribution is 7.89. The molecule has 0 aliphatic rings. The Morgan fingerprint density at radius 1 is 0.920 bits per heavy atom. The first kappa shape index (κ1) is 17.1. The zero-order valence-electron chi connectivity index (χ0n) is 13.5. The molecule has 0 heterocycles. The zero-order valence-corrected chi connectivity index (χ0v) is 14.3. The van der Waals surface area contributed by atoms with Gasteiger partial charge in [-0.15, -0.1) is 0 Å². The number of fused-ring (bicyclic) bond motifs is 1. The molecular weight excluding hydrogens is 336 g/mol. The fourth-order valence-electron chi connectivity index (χ4n) is 2.61. The molecule has 3 aromatic carbocycles. The van der Waals surface area contributed by atoms with Gasteiger partial charge in [0, 0.05) is 24.2 Å². The van der Waals surface area contributed by atoms with Crippen LogP contribution >= 0.6 is 0 Å². The number of benzene rings is 3. The summed E-state index contributed by atoms with van der Waals surface area (Å²) in [5.74, 6) is 0.0286. The van der Waals surface area contributed by atoms with Gasteiger partial charge in [-0.3, -0.25) is 4.79 Å². The van der Waals surface area contributed by atoms with Gasteiger partial charge in [0.1, 0.15) is 0 Å². The van der Waals surface area contributed by atoms with E-state index < -0.39 is 10.0 Å². The van der Waals surface area contributed by atoms with Gasteiger partial charge in [0.05, 0.1) is 4.90 Å². The maximum absolute atomic E-state index is 12.3. The van der Waals surface area contributed by atoms with E-state index in [9.17, 15) is 13.2 Å². The van der Waals surface area contributed by atoms with Gasteiger partial charge in [-0.2, -0.15) is 0 Å². The van der Waals surface area contributed by atoms with Gasteiger partial charge in [0.2, 0.25) is 10.0 Å². The molecule has 0 amide bonds. The third kappa shape index (κ3) is 4.23. The average Bonchev–Trinajstić information content (AvgIpc) is 2.61. The van der Waals surface area contributed by atoms with Crippen LogP contribution in [-0.4, -0.2) is 20.7 Å². The molecule has 0 saturated carbocycles. The minimum absolute atomic E-state index is 0.0286. The van der Waals surface area contributed by atoms with E-state index >= 15 is 0 Å². The van der Waals surface area contributed by atoms with E-state index in [4.69, 9.17) is 5.14 Å². The molecule has 0 unspecified atom stereocenters. The lowest BCUT2D eigenvalue weighted by Gasteiger charge is -2.08. The second-order valence-electron chi connectivity index (χ2n) is 5.73. The Labute approximate surface area is 146 Å². The number of hydrogen-bond donors (Lipinski definition) is 2. The monoisotopic (exact) mass is 354 g/mol. The average molecular weight is 354 g/mol. The number of carbonyl (C=O) groups excluding carboxylic acids is 1. The number of anilines is 1. The molecule has 128 valence electrons. The number of sulfonamides is 1. The Kier molecular flexibility index (Phi) is 4.83. The van der Waals surface area contributed by atoms with Crippen molar-refractivity contribution in [1.82, 2.24) is 0 Å². The molecule has 0 saturated heterocycles. The quantitative estimate of drug-likeness (QED) is 0.665. The first-order chi connectivity index (χ1) is 11.9. The number of rotatable bonds is 6. The molecule has 25 heavy (non-hydrogen) atoms. The smallest absolute Gasteiger partial charge is 0.238 e. The van der Waals surface area contributed by atoms with E-state index in [2.05, 4.69) is 5.32 Å². The summed E-state index contributed by atoms with van der Waals surface area (Å²) < 4.78 is 22.7. The fraction of sp³-hybridized carbons (Fsp3) is 0.105. The SMILES string of the molecule is NS(=O)(=O)c1cccc(NCCC(=O)c2ccc3ccccc3c2)c1. The van der Waals surface area contributed by atoms with E-state index in [1.807, 2.05) is 42.5 Å². The minimum Gasteiger partial charge on any atom is -0.385 e. The van der Waals surface area contributed by atoms with Crippen molar-refractivity contribution in [3.8, 4) is 0 Å². The molecule has 0 aliphatic heterocycles. The highest BCUT2D eigenvalue weighted by Gasteiger charge is 2.09. The van der Waals surface area contributed by atoms with Gasteiger partial charge in [-0.05, 0) is 35.0 Å². The number of nitrogens with two attached hydrogens (primary N) is 1. The van der Waals surface area contributed by atoms with Crippen LogP contribution in [0, 0.1) is 0 Å². The second-order valence-corrected chi connectivity index (χ2v) is 7.30. The van der Waals surface area contributed by atoms with Crippen LogP contribution in [0.25, 0.3) is 10.8 Å². The fourth-order valence-corrected chi connectivity index (χ4v) is 3.17. The van der Waals surface area contributed by atoms with E-state index in [1.165, 1.54) is 12.1 Å². The van der Waals surface area contributed by atoms with Crippen molar-refractivity contribution < 1.29 is 13.2 Å². The van der Waals surface area contributed by atoms with Crippen LogP contribution < -0.4 is 10.5 Å². The number of carbonyl (C=O) groups is 1. The van der Waals surface area contributed by atoms with Gasteiger partial charge < -0.3 is 5.32 Å². The highest BCUT2D eigenvalue weighted by Crippen LogP contribution is 2.17. The molecule has 0 aromatic heterocycles. The molecule has 0 bridgehead atoms. The van der Waals surface area contributed by atoms with Gasteiger partial charge in [-0.1, -0.05) is 42.5 Å². The first-order valence-electron chi connectivity index (χ1n) is 7.82. The maximum atomic E-state index is 12.3. The standard InChI is InChI=1S/C19H18N2O3S/c20-25(23,24)18-7-3-6-17(13-18)21-11-10-19(22)16-9-8-14-4-1-2-5-15(14)12-16/h1-9,12-13,21H,10-11H2,(H2,20,23,24). The van der Waals surface area contributed by atoms with Crippen molar-refractivity contribution in [2.24, 2.45) is 5.14 Å². The molecule has 0 radical (unpaired) electrons. The van der Waals surface area contributed by atoms with E-state index in [0.29, 0.717) is 24.2 Å². The molecular formula is C19H18N2O3S. The summed E-state index contributed by atoms with van der Waals surface area (Å²) >= 11 is 0. The number of hydrogen-bond acceptors (Lipinski definition) is 4. The highest BCUT2D eigenvalue weighted by atomic mass is 32.2. The molecule has 0 fully saturated rings. The number of ketones is 1. The van der Waals surface area contributed by atoms with Crippen LogP contribution in [0.1, 0.15) is 16.8 Å². The summed E-state index contributed by atoms with van der Waals surface area (Å²) in [7, 11) is -3.74. The molecule has 5 nitrogen and oxygen atoms in total. The summed E-state index contributed by atoms with van der Waals surface area (Å²) in [5, 5.41) is 10.3. The van der Waals surface area contributed by atoms with Gasteiger partial charge >= 0.3 is 0 Å². The van der Waals surface area contributed by atoms with Crippen molar-refractivity contribution in [1.29, 1.82) is 0 Å². The van der Waals surface area contributed by atoms with Crippen LogP contribution in [-0.2, 0) is 10.0 Å². The van der Waals surface area contributed by atoms with Gasteiger partial charge in [0.25, 0.3) is 0 Å². The zero-order chi connectivity index (χ0) is 17.9. The molecule has 3 N–H and O–H groups in total. The maximum Gasteiger partial charge on any atom is 0.238 e. The Bertz CT molecular complexity index is 1030. The number of primary sulfonamides is 1. The van der Waals surface area contributed by atoms with Crippen molar-refractivity contribution >= 4 is 32.3 Å². The summed E-state index contributed by atoms with van der Waals surface area (Å²) in [4.78, 5) is 12.4. The minimum atomic E-state index is -3.74. The Hall–Kier alpha value is -2.70. The molecule has 0 atom stereocenters. The second kappa shape index (κ2) is 7.04. The summed E-state index contributed by atoms with van der Waals surface area (Å²) in [6.45, 7) is 0.403. The lowest BCUT2D eigenvalue weighted by atomic mass is 10.0. The Morgan fingerprint density at radius 3 is 2.44 bits per heavy atom. The van der Waals surface area contributed by atoms with Gasteiger partial charge in [-0.25, -0.2) is 13.6 Å². The Balaban J connectivity index is 1.64. The first-order valence-corrected chi connectivity index (χ1v) is 9.37. The van der Waals surface area contributed by atoms with Crippen LogP contribution in [0.3, 0.4) is 0 Å². The molecule has 3 rings (SSSR count). The summed E-state index contributed by atoms with van der Waals surface area (Å²) in [6.07, 6.45) is 0.304. The third-order valence-electron chi connectivity index (χ3n) is 3.92. The van der Waals surface area contributed by atoms with Crippen molar-refractivity contribution in [3.05, 3.63) is 72.3 Å². The normalized spacial score (nSPS) is 11.4. The van der Waals surface area contributed by atoms with Gasteiger partial charge in [0.15, 0.2) is 5.78 Å². The van der Waals surface area contributed by atoms with Crippen molar-refractivity contribution in [3.63, 3.8) is 0 Å². The van der Waals surface area contributed by atoms with E-state index in [-0.39, 0.29) is 10.7 Å². The van der Waals surface area contributed by atoms with Crippen LogP contribution in [0.4, 0.5) is 5.69 Å². The molecule has 3 aromatic rings. The van der Waals surface area contributed by atoms with Crippen LogP contribution in [0.5, 0.6) is 0 Å². The topological polar surface area (TPSA) is 89.3 Å². The van der Waals surface area contributed by atoms with Crippen LogP contribution in [0.15, 0.2) is 71.6 Å². The molecule has 0 spiro atoms. The van der Waals surface area contributed by atoms with Crippen LogP contribution in [0.2, 0.25) is 0 Å². The Morgan fingerprint density at radius 2 is 1.68 bits per heavy atom. The largest absolute Gasteiger partial charge is 0.385 e. The van der Waals surface area contributed by atoms with Crippen molar-refractivity contribution in [2.75, 3.05) is 11.9 Å². The number of Topliss-reactive ketones (excluding diaryl/α,β-unsaturated/α-hetero) is 1. The van der Waals surface area contributed by atoms with E-state index in [1.54, 1.807) is 12.1 Å². The predicted molar refractivity (Wildman–Crippen MR) is 99.2 cm³/mol. The summed E-state index contributed by atoms with van der Waals surface area (Å²) in [5.41, 5.74) is 1.27. The van der Waals surface area contributed by atoms with E-state index in [0.717, 1.165) is 10.8 Å². The summed E-state index contributed by atoms with van der Waals surface area (Å²) in [6, 6.07) is 19.8. The number of nitrogens with one attached hydrogen (secondary N) is 1. The lowest BCUT2D eigenvalue weighted by Crippen LogP contribution is -2.13. The lowest BCUT2D eigenvalue weighted by molar-refractivity contribution is 0.0986. The predicted octanol–water partition coefficient (Wildman–Crippen LogP) is 3.17. The molecule has 6 heteroatoms.